The summed E-state index contributed by atoms with van der Waals surface area (Å²) in [5, 5.41) is 2.84. The number of ether oxygens (including phenoxy) is 1. The van der Waals surface area contributed by atoms with E-state index in [9.17, 15) is 13.2 Å². The number of rotatable bonds is 7. The van der Waals surface area contributed by atoms with Crippen LogP contribution in [-0.2, 0) is 10.0 Å². The minimum absolute atomic E-state index is 0.172. The van der Waals surface area contributed by atoms with Gasteiger partial charge in [-0.1, -0.05) is 36.4 Å². The van der Waals surface area contributed by atoms with Crippen LogP contribution in [0.4, 0.5) is 11.4 Å². The Balaban J connectivity index is 1.42. The van der Waals surface area contributed by atoms with Crippen LogP contribution < -0.4 is 14.8 Å². The molecule has 166 valence electrons. The Morgan fingerprint density at radius 3 is 2.00 bits per heavy atom. The highest BCUT2D eigenvalue weighted by Crippen LogP contribution is 2.24. The fourth-order valence-electron chi connectivity index (χ4n) is 3.16. The molecule has 0 aliphatic heterocycles. The predicted octanol–water partition coefficient (Wildman–Crippen LogP) is 5.84. The number of sulfonamides is 1. The molecule has 0 heterocycles. The molecule has 0 atom stereocenters. The average Bonchev–Trinajstić information content (AvgIpc) is 2.83. The van der Waals surface area contributed by atoms with E-state index in [0.29, 0.717) is 28.3 Å². The second-order valence-electron chi connectivity index (χ2n) is 7.34. The van der Waals surface area contributed by atoms with E-state index in [1.807, 2.05) is 30.3 Å². The van der Waals surface area contributed by atoms with Crippen LogP contribution in [-0.4, -0.2) is 14.3 Å². The van der Waals surface area contributed by atoms with Crippen molar-refractivity contribution < 1.29 is 17.9 Å². The third-order valence-corrected chi connectivity index (χ3v) is 6.26. The number of carbonyl (C=O) groups is 1. The van der Waals surface area contributed by atoms with Crippen LogP contribution in [0.15, 0.2) is 108 Å². The van der Waals surface area contributed by atoms with Gasteiger partial charge in [0.25, 0.3) is 15.9 Å². The summed E-state index contributed by atoms with van der Waals surface area (Å²) in [5.74, 6) is 1.09. The van der Waals surface area contributed by atoms with Gasteiger partial charge in [0.15, 0.2) is 0 Å². The van der Waals surface area contributed by atoms with Crippen molar-refractivity contribution in [1.29, 1.82) is 0 Å². The van der Waals surface area contributed by atoms with Gasteiger partial charge in [0.2, 0.25) is 0 Å². The van der Waals surface area contributed by atoms with Gasteiger partial charge in [-0.25, -0.2) is 8.42 Å². The molecule has 2 N–H and O–H groups in total. The van der Waals surface area contributed by atoms with Crippen molar-refractivity contribution in [3.63, 3.8) is 0 Å². The lowest BCUT2D eigenvalue weighted by atomic mass is 10.1. The van der Waals surface area contributed by atoms with Crippen LogP contribution in [0.5, 0.6) is 11.5 Å². The van der Waals surface area contributed by atoms with Gasteiger partial charge in [0, 0.05) is 11.3 Å². The van der Waals surface area contributed by atoms with E-state index < -0.39 is 10.0 Å². The summed E-state index contributed by atoms with van der Waals surface area (Å²) in [5.41, 5.74) is 2.08. The van der Waals surface area contributed by atoms with Crippen molar-refractivity contribution >= 4 is 27.3 Å². The van der Waals surface area contributed by atoms with E-state index in [4.69, 9.17) is 4.74 Å². The quantitative estimate of drug-likeness (QED) is 0.364. The van der Waals surface area contributed by atoms with Crippen molar-refractivity contribution in [2.75, 3.05) is 10.0 Å². The highest BCUT2D eigenvalue weighted by molar-refractivity contribution is 7.92. The van der Waals surface area contributed by atoms with Gasteiger partial charge in [0.05, 0.1) is 10.6 Å². The smallest absolute Gasteiger partial charge is 0.261 e. The minimum Gasteiger partial charge on any atom is -0.457 e. The number of para-hydroxylation sites is 1. The Bertz CT molecular complexity index is 1350. The number of carbonyl (C=O) groups excluding carboxylic acids is 1. The Morgan fingerprint density at radius 1 is 0.758 bits per heavy atom. The van der Waals surface area contributed by atoms with Gasteiger partial charge in [-0.3, -0.25) is 9.52 Å². The number of aryl methyl sites for hydroxylation is 1. The van der Waals surface area contributed by atoms with Crippen LogP contribution in [0, 0.1) is 6.92 Å². The largest absolute Gasteiger partial charge is 0.457 e. The zero-order chi connectivity index (χ0) is 23.3. The molecule has 0 saturated carbocycles. The molecule has 0 bridgehead atoms. The zero-order valence-corrected chi connectivity index (χ0v) is 18.7. The van der Waals surface area contributed by atoms with Gasteiger partial charge in [-0.2, -0.15) is 0 Å². The molecule has 33 heavy (non-hydrogen) atoms. The maximum Gasteiger partial charge on any atom is 0.261 e. The normalized spacial score (nSPS) is 10.9. The molecule has 0 spiro atoms. The van der Waals surface area contributed by atoms with Gasteiger partial charge in [0.1, 0.15) is 11.5 Å². The SMILES string of the molecule is Cc1cc(C(=O)Nc2ccc(Oc3ccccc3)cc2)ccc1NS(=O)(=O)c1ccccc1. The van der Waals surface area contributed by atoms with Gasteiger partial charge >= 0.3 is 0 Å². The number of nitrogens with one attached hydrogen (secondary N) is 2. The first-order valence-corrected chi connectivity index (χ1v) is 11.7. The number of hydrogen-bond acceptors (Lipinski definition) is 4. The summed E-state index contributed by atoms with van der Waals surface area (Å²) < 4.78 is 33.4. The highest BCUT2D eigenvalue weighted by atomic mass is 32.2. The van der Waals surface area contributed by atoms with Crippen LogP contribution in [0.1, 0.15) is 15.9 Å². The number of hydrogen-bond donors (Lipinski definition) is 2. The summed E-state index contributed by atoms with van der Waals surface area (Å²) in [6, 6.07) is 29.4. The van der Waals surface area contributed by atoms with E-state index in [1.165, 1.54) is 12.1 Å². The van der Waals surface area contributed by atoms with Gasteiger partial charge < -0.3 is 10.1 Å². The standard InChI is InChI=1S/C26H22N2O4S/c1-19-18-20(12-17-25(19)28-33(30,31)24-10-6-3-7-11-24)26(29)27-21-13-15-23(16-14-21)32-22-8-4-2-5-9-22/h2-18,28H,1H3,(H,27,29). The van der Waals surface area contributed by atoms with Crippen molar-refractivity contribution in [2.45, 2.75) is 11.8 Å². The van der Waals surface area contributed by atoms with Crippen molar-refractivity contribution in [3.05, 3.63) is 114 Å². The first-order chi connectivity index (χ1) is 15.9. The van der Waals surface area contributed by atoms with Gasteiger partial charge in [-0.05, 0) is 79.2 Å². The summed E-state index contributed by atoms with van der Waals surface area (Å²) in [7, 11) is -3.71. The summed E-state index contributed by atoms with van der Waals surface area (Å²) in [4.78, 5) is 12.9. The van der Waals surface area contributed by atoms with Crippen LogP contribution in [0.2, 0.25) is 0 Å². The van der Waals surface area contributed by atoms with E-state index in [-0.39, 0.29) is 10.8 Å². The first-order valence-electron chi connectivity index (χ1n) is 10.2. The molecule has 1 amide bonds. The molecular weight excluding hydrogens is 436 g/mol. The average molecular weight is 459 g/mol. The summed E-state index contributed by atoms with van der Waals surface area (Å²) in [6.07, 6.45) is 0. The van der Waals surface area contributed by atoms with Crippen molar-refractivity contribution in [2.24, 2.45) is 0 Å². The maximum absolute atomic E-state index is 12.7. The Morgan fingerprint density at radius 2 is 1.36 bits per heavy atom. The molecule has 0 aromatic heterocycles. The molecule has 0 saturated heterocycles. The molecule has 0 aliphatic carbocycles. The zero-order valence-electron chi connectivity index (χ0n) is 17.9. The van der Waals surface area contributed by atoms with Crippen molar-refractivity contribution in [1.82, 2.24) is 0 Å². The van der Waals surface area contributed by atoms with Crippen LogP contribution in [0.25, 0.3) is 0 Å². The maximum atomic E-state index is 12.7. The summed E-state index contributed by atoms with van der Waals surface area (Å²) in [6.45, 7) is 1.75. The van der Waals surface area contributed by atoms with E-state index >= 15 is 0 Å². The Kier molecular flexibility index (Phi) is 6.42. The molecule has 4 aromatic rings. The minimum atomic E-state index is -3.71. The van der Waals surface area contributed by atoms with E-state index in [2.05, 4.69) is 10.0 Å². The Hall–Kier alpha value is -4.10. The lowest BCUT2D eigenvalue weighted by molar-refractivity contribution is 0.102. The fraction of sp³-hybridized carbons (Fsp3) is 0.0385. The molecule has 0 fully saturated rings. The van der Waals surface area contributed by atoms with Crippen LogP contribution in [0.3, 0.4) is 0 Å². The van der Waals surface area contributed by atoms with Crippen LogP contribution >= 0.6 is 0 Å². The summed E-state index contributed by atoms with van der Waals surface area (Å²) >= 11 is 0. The number of amides is 1. The second-order valence-corrected chi connectivity index (χ2v) is 9.02. The molecule has 4 rings (SSSR count). The molecule has 4 aromatic carbocycles. The molecular formula is C26H22N2O4S. The monoisotopic (exact) mass is 458 g/mol. The third kappa shape index (κ3) is 5.58. The van der Waals surface area contributed by atoms with E-state index in [1.54, 1.807) is 67.6 Å². The van der Waals surface area contributed by atoms with Gasteiger partial charge in [-0.15, -0.1) is 0 Å². The fourth-order valence-corrected chi connectivity index (χ4v) is 4.31. The molecule has 0 radical (unpaired) electrons. The third-order valence-electron chi connectivity index (χ3n) is 4.88. The molecule has 0 unspecified atom stereocenters. The molecule has 6 nitrogen and oxygen atoms in total. The Labute approximate surface area is 192 Å². The van der Waals surface area contributed by atoms with Crippen molar-refractivity contribution in [3.8, 4) is 11.5 Å². The lowest BCUT2D eigenvalue weighted by Crippen LogP contribution is -2.15. The van der Waals surface area contributed by atoms with E-state index in [0.717, 1.165) is 5.75 Å². The molecule has 7 heteroatoms. The lowest BCUT2D eigenvalue weighted by Gasteiger charge is -2.12. The molecule has 0 aliphatic rings. The highest BCUT2D eigenvalue weighted by Gasteiger charge is 2.16. The second kappa shape index (κ2) is 9.58. The number of anilines is 2. The topological polar surface area (TPSA) is 84.5 Å². The number of benzene rings is 4. The predicted molar refractivity (Wildman–Crippen MR) is 129 cm³/mol. The first kappa shape index (κ1) is 22.1.